The number of hydrogen-bond acceptors (Lipinski definition) is 2. The van der Waals surface area contributed by atoms with Gasteiger partial charge < -0.3 is 9.84 Å². The lowest BCUT2D eigenvalue weighted by atomic mass is 9.80. The van der Waals surface area contributed by atoms with Crippen molar-refractivity contribution in [2.24, 2.45) is 11.3 Å². The molecule has 0 bridgehead atoms. The number of aliphatic hydroxyl groups excluding tert-OH is 1. The molecule has 0 aliphatic carbocycles. The Balaban J connectivity index is 2.44. The summed E-state index contributed by atoms with van der Waals surface area (Å²) in [5.41, 5.74) is 0.138. The Bertz CT molecular complexity index is 154. The summed E-state index contributed by atoms with van der Waals surface area (Å²) in [5.74, 6) is 0.739. The largest absolute Gasteiger partial charge is 0.396 e. The lowest BCUT2D eigenvalue weighted by Gasteiger charge is -2.30. The van der Waals surface area contributed by atoms with Crippen molar-refractivity contribution in [3.8, 4) is 0 Å². The van der Waals surface area contributed by atoms with Crippen molar-refractivity contribution < 1.29 is 9.84 Å². The maximum Gasteiger partial charge on any atom is 0.0630 e. The van der Waals surface area contributed by atoms with Gasteiger partial charge in [0.1, 0.15) is 0 Å². The number of aliphatic hydroxyl groups is 1. The molecule has 0 aromatic heterocycles. The van der Waals surface area contributed by atoms with Crippen LogP contribution in [-0.4, -0.2) is 24.4 Å². The molecule has 2 nitrogen and oxygen atoms in total. The van der Waals surface area contributed by atoms with Crippen LogP contribution in [-0.2, 0) is 4.74 Å². The van der Waals surface area contributed by atoms with Gasteiger partial charge in [-0.1, -0.05) is 27.2 Å². The van der Waals surface area contributed by atoms with Crippen LogP contribution in [0, 0.1) is 11.3 Å². The monoisotopic (exact) mass is 186 g/mol. The van der Waals surface area contributed by atoms with Crippen molar-refractivity contribution in [2.75, 3.05) is 13.2 Å². The summed E-state index contributed by atoms with van der Waals surface area (Å²) in [5, 5.41) is 8.93. The number of ether oxygens (including phenoxy) is 1. The molecular formula is C11H22O2. The van der Waals surface area contributed by atoms with Gasteiger partial charge in [-0.15, -0.1) is 0 Å². The highest BCUT2D eigenvalue weighted by molar-refractivity contribution is 4.85. The van der Waals surface area contributed by atoms with Crippen molar-refractivity contribution in [3.05, 3.63) is 0 Å². The standard InChI is InChI=1S/C11H22O2/c1-4-9-7-10(13-8-9)11(2,3)5-6-12/h9-10,12H,4-8H2,1-3H3. The highest BCUT2D eigenvalue weighted by Gasteiger charge is 2.35. The van der Waals surface area contributed by atoms with E-state index in [0.29, 0.717) is 6.10 Å². The lowest BCUT2D eigenvalue weighted by Crippen LogP contribution is -2.29. The molecule has 1 heterocycles. The van der Waals surface area contributed by atoms with Crippen LogP contribution >= 0.6 is 0 Å². The van der Waals surface area contributed by atoms with Crippen LogP contribution < -0.4 is 0 Å². The molecule has 78 valence electrons. The molecule has 0 saturated carbocycles. The molecule has 2 heteroatoms. The van der Waals surface area contributed by atoms with E-state index in [-0.39, 0.29) is 12.0 Å². The molecule has 1 N–H and O–H groups in total. The molecule has 1 aliphatic heterocycles. The van der Waals surface area contributed by atoms with Gasteiger partial charge in [0.15, 0.2) is 0 Å². The zero-order valence-corrected chi connectivity index (χ0v) is 9.05. The second-order valence-corrected chi connectivity index (χ2v) is 4.79. The zero-order valence-electron chi connectivity index (χ0n) is 9.05. The molecule has 0 aromatic carbocycles. The summed E-state index contributed by atoms with van der Waals surface area (Å²) in [6.45, 7) is 7.77. The van der Waals surface area contributed by atoms with E-state index in [1.165, 1.54) is 12.8 Å². The van der Waals surface area contributed by atoms with Gasteiger partial charge in [0.05, 0.1) is 6.10 Å². The Kier molecular flexibility index (Phi) is 3.74. The minimum absolute atomic E-state index is 0.138. The molecule has 1 rings (SSSR count). The summed E-state index contributed by atoms with van der Waals surface area (Å²) in [6, 6.07) is 0. The highest BCUT2D eigenvalue weighted by Crippen LogP contribution is 2.36. The molecule has 1 aliphatic rings. The van der Waals surface area contributed by atoms with Gasteiger partial charge in [-0.25, -0.2) is 0 Å². The molecule has 2 unspecified atom stereocenters. The maximum atomic E-state index is 8.93. The summed E-state index contributed by atoms with van der Waals surface area (Å²) >= 11 is 0. The molecular weight excluding hydrogens is 164 g/mol. The van der Waals surface area contributed by atoms with Crippen molar-refractivity contribution in [3.63, 3.8) is 0 Å². The van der Waals surface area contributed by atoms with Crippen molar-refractivity contribution in [1.29, 1.82) is 0 Å². The van der Waals surface area contributed by atoms with Gasteiger partial charge in [-0.3, -0.25) is 0 Å². The SMILES string of the molecule is CCC1COC(C(C)(C)CCO)C1. The second-order valence-electron chi connectivity index (χ2n) is 4.79. The van der Waals surface area contributed by atoms with Gasteiger partial charge in [-0.05, 0) is 24.2 Å². The number of rotatable bonds is 4. The van der Waals surface area contributed by atoms with E-state index in [2.05, 4.69) is 20.8 Å². The van der Waals surface area contributed by atoms with Crippen LogP contribution in [0.5, 0.6) is 0 Å². The Hall–Kier alpha value is -0.0800. The number of hydrogen-bond donors (Lipinski definition) is 1. The molecule has 2 atom stereocenters. The van der Waals surface area contributed by atoms with E-state index >= 15 is 0 Å². The summed E-state index contributed by atoms with van der Waals surface area (Å²) < 4.78 is 5.76. The van der Waals surface area contributed by atoms with E-state index in [9.17, 15) is 0 Å². The van der Waals surface area contributed by atoms with Crippen LogP contribution in [0.15, 0.2) is 0 Å². The predicted octanol–water partition coefficient (Wildman–Crippen LogP) is 2.21. The Labute approximate surface area is 81.3 Å². The van der Waals surface area contributed by atoms with Gasteiger partial charge >= 0.3 is 0 Å². The van der Waals surface area contributed by atoms with Crippen LogP contribution in [0.3, 0.4) is 0 Å². The average molecular weight is 186 g/mol. The van der Waals surface area contributed by atoms with Crippen LogP contribution in [0.1, 0.15) is 40.0 Å². The van der Waals surface area contributed by atoms with E-state index in [0.717, 1.165) is 18.9 Å². The third-order valence-corrected chi connectivity index (χ3v) is 3.29. The topological polar surface area (TPSA) is 29.5 Å². The third-order valence-electron chi connectivity index (χ3n) is 3.29. The third kappa shape index (κ3) is 2.68. The van der Waals surface area contributed by atoms with Gasteiger partial charge in [0.25, 0.3) is 0 Å². The minimum atomic E-state index is 0.138. The fourth-order valence-electron chi connectivity index (χ4n) is 1.97. The maximum absolute atomic E-state index is 8.93. The average Bonchev–Trinajstić information content (AvgIpc) is 2.52. The Morgan fingerprint density at radius 3 is 2.62 bits per heavy atom. The van der Waals surface area contributed by atoms with Crippen molar-refractivity contribution >= 4 is 0 Å². The van der Waals surface area contributed by atoms with E-state index < -0.39 is 0 Å². The smallest absolute Gasteiger partial charge is 0.0630 e. The summed E-state index contributed by atoms with van der Waals surface area (Å²) in [6.07, 6.45) is 3.58. The molecule has 1 saturated heterocycles. The predicted molar refractivity (Wildman–Crippen MR) is 53.6 cm³/mol. The van der Waals surface area contributed by atoms with Crippen LogP contribution in [0.2, 0.25) is 0 Å². The van der Waals surface area contributed by atoms with E-state index in [4.69, 9.17) is 9.84 Å². The first-order chi connectivity index (χ1) is 6.10. The van der Waals surface area contributed by atoms with Crippen molar-refractivity contribution in [1.82, 2.24) is 0 Å². The van der Waals surface area contributed by atoms with Crippen molar-refractivity contribution in [2.45, 2.75) is 46.1 Å². The molecule has 13 heavy (non-hydrogen) atoms. The Morgan fingerprint density at radius 1 is 1.46 bits per heavy atom. The van der Waals surface area contributed by atoms with Crippen LogP contribution in [0.4, 0.5) is 0 Å². The fourth-order valence-corrected chi connectivity index (χ4v) is 1.97. The first-order valence-electron chi connectivity index (χ1n) is 5.32. The van der Waals surface area contributed by atoms with Gasteiger partial charge in [0, 0.05) is 13.2 Å². The first kappa shape index (κ1) is 11.0. The summed E-state index contributed by atoms with van der Waals surface area (Å²) in [4.78, 5) is 0. The normalized spacial score (nSPS) is 29.5. The zero-order chi connectivity index (χ0) is 9.90. The van der Waals surface area contributed by atoms with E-state index in [1.54, 1.807) is 0 Å². The molecule has 1 fully saturated rings. The van der Waals surface area contributed by atoms with E-state index in [1.807, 2.05) is 0 Å². The van der Waals surface area contributed by atoms with Crippen LogP contribution in [0.25, 0.3) is 0 Å². The second kappa shape index (κ2) is 4.43. The van der Waals surface area contributed by atoms with Gasteiger partial charge in [0.2, 0.25) is 0 Å². The molecule has 0 amide bonds. The minimum Gasteiger partial charge on any atom is -0.396 e. The molecule has 0 radical (unpaired) electrons. The highest BCUT2D eigenvalue weighted by atomic mass is 16.5. The quantitative estimate of drug-likeness (QED) is 0.729. The lowest BCUT2D eigenvalue weighted by molar-refractivity contribution is 0.00511. The summed E-state index contributed by atoms with van der Waals surface area (Å²) in [7, 11) is 0. The first-order valence-corrected chi connectivity index (χ1v) is 5.32. The fraction of sp³-hybridized carbons (Fsp3) is 1.00. The Morgan fingerprint density at radius 2 is 2.15 bits per heavy atom. The molecule has 0 spiro atoms. The molecule has 0 aromatic rings. The van der Waals surface area contributed by atoms with Gasteiger partial charge in [-0.2, -0.15) is 0 Å².